The smallest absolute Gasteiger partial charge is 0.326 e. The van der Waals surface area contributed by atoms with Gasteiger partial charge in [-0.2, -0.15) is 23.4 Å². The zero-order valence-corrected chi connectivity index (χ0v) is 19.8. The van der Waals surface area contributed by atoms with Crippen molar-refractivity contribution in [2.75, 3.05) is 11.9 Å². The first kappa shape index (κ1) is 24.7. The minimum absolute atomic E-state index is 0.155. The highest BCUT2D eigenvalue weighted by atomic mass is 19.4. The monoisotopic (exact) mass is 509 g/mol. The number of nitrogens with zero attached hydrogens (tertiary/aromatic N) is 3. The average Bonchev–Trinajstić information content (AvgIpc) is 3.35. The van der Waals surface area contributed by atoms with Crippen LogP contribution >= 0.6 is 0 Å². The second kappa shape index (κ2) is 10.2. The predicted octanol–water partition coefficient (Wildman–Crippen LogP) is 4.41. The Kier molecular flexibility index (Phi) is 6.81. The standard InChI is InChI=1S/C26H26F3N7O/c27-26(28,29)23-11-22(36(35-23)21-6-1-3-17(9-21)12-30)25(37)34-20-5-2-4-18(10-20)24(19-14-32-33-15-19)31-13-16-7-8-16/h1-6,9-11,14-16,24,31H,7-8,12-13,30H2,(H,32,33)(H,34,37). The molecule has 0 radical (unpaired) electrons. The van der Waals surface area contributed by atoms with Crippen molar-refractivity contribution in [3.63, 3.8) is 0 Å². The molecule has 1 atom stereocenters. The maximum Gasteiger partial charge on any atom is 0.435 e. The first-order valence-corrected chi connectivity index (χ1v) is 11.9. The Hall–Kier alpha value is -3.96. The van der Waals surface area contributed by atoms with Crippen molar-refractivity contribution in [2.45, 2.75) is 31.6 Å². The lowest BCUT2D eigenvalue weighted by Crippen LogP contribution is -2.24. The molecule has 0 saturated heterocycles. The third-order valence-corrected chi connectivity index (χ3v) is 6.26. The second-order valence-corrected chi connectivity index (χ2v) is 9.09. The average molecular weight is 510 g/mol. The van der Waals surface area contributed by atoms with Crippen molar-refractivity contribution >= 4 is 11.6 Å². The quantitative estimate of drug-likeness (QED) is 0.267. The number of nitrogens with one attached hydrogen (secondary N) is 3. The lowest BCUT2D eigenvalue weighted by Gasteiger charge is -2.19. The van der Waals surface area contributed by atoms with Gasteiger partial charge in [-0.1, -0.05) is 24.3 Å². The number of amides is 1. The number of nitrogens with two attached hydrogens (primary N) is 1. The van der Waals surface area contributed by atoms with Gasteiger partial charge in [0.1, 0.15) is 5.69 Å². The van der Waals surface area contributed by atoms with Gasteiger partial charge in [-0.3, -0.25) is 9.89 Å². The summed E-state index contributed by atoms with van der Waals surface area (Å²) in [6.45, 7) is 1.05. The summed E-state index contributed by atoms with van der Waals surface area (Å²) in [5.74, 6) is -0.0673. The van der Waals surface area contributed by atoms with Crippen LogP contribution in [0.15, 0.2) is 67.0 Å². The molecule has 5 rings (SSSR count). The molecule has 37 heavy (non-hydrogen) atoms. The highest BCUT2D eigenvalue weighted by Crippen LogP contribution is 2.32. The molecule has 0 bridgehead atoms. The van der Waals surface area contributed by atoms with Crippen LogP contribution in [0.3, 0.4) is 0 Å². The highest BCUT2D eigenvalue weighted by molar-refractivity contribution is 6.03. The number of aromatic nitrogens is 4. The van der Waals surface area contributed by atoms with Gasteiger partial charge in [0.2, 0.25) is 0 Å². The van der Waals surface area contributed by atoms with Gasteiger partial charge in [0.05, 0.1) is 17.9 Å². The molecule has 0 aliphatic heterocycles. The van der Waals surface area contributed by atoms with Gasteiger partial charge in [-0.25, -0.2) is 4.68 Å². The zero-order chi connectivity index (χ0) is 26.0. The van der Waals surface area contributed by atoms with Crippen molar-refractivity contribution in [2.24, 2.45) is 11.7 Å². The number of alkyl halides is 3. The lowest BCUT2D eigenvalue weighted by atomic mass is 10.0. The first-order valence-electron chi connectivity index (χ1n) is 11.9. The zero-order valence-electron chi connectivity index (χ0n) is 19.8. The summed E-state index contributed by atoms with van der Waals surface area (Å²) in [4.78, 5) is 13.2. The van der Waals surface area contributed by atoms with Crippen molar-refractivity contribution in [3.05, 3.63) is 95.1 Å². The Morgan fingerprint density at radius 2 is 1.95 bits per heavy atom. The number of benzene rings is 2. The van der Waals surface area contributed by atoms with Gasteiger partial charge in [0.25, 0.3) is 5.91 Å². The molecule has 1 amide bonds. The molecule has 2 aromatic carbocycles. The summed E-state index contributed by atoms with van der Waals surface area (Å²) in [7, 11) is 0. The van der Waals surface area contributed by atoms with E-state index < -0.39 is 17.8 Å². The van der Waals surface area contributed by atoms with Crippen LogP contribution in [0.4, 0.5) is 18.9 Å². The van der Waals surface area contributed by atoms with E-state index in [9.17, 15) is 18.0 Å². The molecule has 0 spiro atoms. The summed E-state index contributed by atoms with van der Waals surface area (Å²) >= 11 is 0. The molecule has 1 aliphatic carbocycles. The van der Waals surface area contributed by atoms with Crippen LogP contribution in [-0.4, -0.2) is 32.4 Å². The molecule has 1 unspecified atom stereocenters. The molecule has 11 heteroatoms. The highest BCUT2D eigenvalue weighted by Gasteiger charge is 2.36. The van der Waals surface area contributed by atoms with Gasteiger partial charge < -0.3 is 16.4 Å². The maximum atomic E-state index is 13.5. The minimum Gasteiger partial charge on any atom is -0.326 e. The first-order chi connectivity index (χ1) is 17.8. The molecule has 5 N–H and O–H groups in total. The summed E-state index contributed by atoms with van der Waals surface area (Å²) in [6, 6.07) is 14.4. The van der Waals surface area contributed by atoms with E-state index in [1.165, 1.54) is 12.8 Å². The van der Waals surface area contributed by atoms with E-state index in [0.717, 1.165) is 28.4 Å². The SMILES string of the molecule is NCc1cccc(-n2nc(C(F)(F)F)cc2C(=O)Nc2cccc(C(NCC3CC3)c3cn[nH]c3)c2)c1. The molecule has 1 saturated carbocycles. The van der Waals surface area contributed by atoms with Crippen molar-refractivity contribution in [1.82, 2.24) is 25.3 Å². The molecule has 192 valence electrons. The number of hydrogen-bond acceptors (Lipinski definition) is 5. The second-order valence-electron chi connectivity index (χ2n) is 9.09. The van der Waals surface area contributed by atoms with Gasteiger partial charge in [-0.05, 0) is 60.7 Å². The fourth-order valence-electron chi connectivity index (χ4n) is 4.14. The van der Waals surface area contributed by atoms with E-state index >= 15 is 0 Å². The Morgan fingerprint density at radius 1 is 1.14 bits per heavy atom. The number of rotatable bonds is 9. The molecule has 2 heterocycles. The van der Waals surface area contributed by atoms with Crippen LogP contribution in [0.1, 0.15) is 51.8 Å². The number of aromatic amines is 1. The lowest BCUT2D eigenvalue weighted by molar-refractivity contribution is -0.141. The van der Waals surface area contributed by atoms with E-state index in [-0.39, 0.29) is 18.3 Å². The topological polar surface area (TPSA) is 114 Å². The number of carbonyl (C=O) groups excluding carboxylic acids is 1. The van der Waals surface area contributed by atoms with Gasteiger partial charge >= 0.3 is 6.18 Å². The Balaban J connectivity index is 1.44. The third-order valence-electron chi connectivity index (χ3n) is 6.26. The van der Waals surface area contributed by atoms with E-state index in [1.807, 2.05) is 12.3 Å². The predicted molar refractivity (Wildman–Crippen MR) is 132 cm³/mol. The van der Waals surface area contributed by atoms with Crippen LogP contribution < -0.4 is 16.4 Å². The summed E-state index contributed by atoms with van der Waals surface area (Å²) in [5.41, 5.74) is 7.56. The van der Waals surface area contributed by atoms with E-state index in [4.69, 9.17) is 5.73 Å². The molecular weight excluding hydrogens is 483 g/mol. The number of carbonyl (C=O) groups is 1. The Morgan fingerprint density at radius 3 is 2.65 bits per heavy atom. The van der Waals surface area contributed by atoms with Crippen LogP contribution in [0, 0.1) is 5.92 Å². The van der Waals surface area contributed by atoms with Gasteiger partial charge in [-0.15, -0.1) is 0 Å². The van der Waals surface area contributed by atoms with Crippen molar-refractivity contribution in [1.29, 1.82) is 0 Å². The number of anilines is 1. The van der Waals surface area contributed by atoms with Crippen LogP contribution in [0.5, 0.6) is 0 Å². The van der Waals surface area contributed by atoms with E-state index in [0.29, 0.717) is 22.9 Å². The molecular formula is C26H26F3N7O. The molecule has 1 fully saturated rings. The normalized spacial score (nSPS) is 14.5. The van der Waals surface area contributed by atoms with Crippen LogP contribution in [0.25, 0.3) is 5.69 Å². The maximum absolute atomic E-state index is 13.5. The van der Waals surface area contributed by atoms with Gasteiger partial charge in [0.15, 0.2) is 5.69 Å². The van der Waals surface area contributed by atoms with E-state index in [2.05, 4.69) is 25.9 Å². The molecule has 1 aliphatic rings. The summed E-state index contributed by atoms with van der Waals surface area (Å²) in [6.07, 6.45) is 1.23. The fourth-order valence-corrected chi connectivity index (χ4v) is 4.14. The molecule has 4 aromatic rings. The van der Waals surface area contributed by atoms with Crippen molar-refractivity contribution < 1.29 is 18.0 Å². The van der Waals surface area contributed by atoms with Crippen molar-refractivity contribution in [3.8, 4) is 5.69 Å². The van der Waals surface area contributed by atoms with E-state index in [1.54, 1.807) is 48.7 Å². The van der Waals surface area contributed by atoms with Crippen LogP contribution in [0.2, 0.25) is 0 Å². The summed E-state index contributed by atoms with van der Waals surface area (Å²) < 4.78 is 41.5. The van der Waals surface area contributed by atoms with Gasteiger partial charge in [0, 0.05) is 30.1 Å². The third kappa shape index (κ3) is 5.73. The molecule has 8 nitrogen and oxygen atoms in total. The fraction of sp³-hybridized carbons (Fsp3) is 0.269. The minimum atomic E-state index is -4.71. The van der Waals surface area contributed by atoms with Crippen LogP contribution in [-0.2, 0) is 12.7 Å². The Bertz CT molecular complexity index is 1380. The largest absolute Gasteiger partial charge is 0.435 e. The Labute approximate surface area is 211 Å². The molecule has 2 aromatic heterocycles. The number of hydrogen-bond donors (Lipinski definition) is 4. The summed E-state index contributed by atoms with van der Waals surface area (Å²) in [5, 5.41) is 16.9. The number of H-pyrrole nitrogens is 1. The number of halogens is 3.